The second kappa shape index (κ2) is 6.36. The van der Waals surface area contributed by atoms with E-state index in [2.05, 4.69) is 23.2 Å². The van der Waals surface area contributed by atoms with Crippen molar-refractivity contribution in [2.24, 2.45) is 0 Å². The van der Waals surface area contributed by atoms with Crippen LogP contribution in [-0.4, -0.2) is 30.0 Å². The summed E-state index contributed by atoms with van der Waals surface area (Å²) in [7, 11) is 3.35. The highest BCUT2D eigenvalue weighted by atomic mass is 32.1. The van der Waals surface area contributed by atoms with Gasteiger partial charge >= 0.3 is 0 Å². The molecule has 6 heteroatoms. The van der Waals surface area contributed by atoms with Crippen LogP contribution in [0.15, 0.2) is 42.5 Å². The average Bonchev–Trinajstić information content (AvgIpc) is 2.64. The molecule has 2 aliphatic heterocycles. The van der Waals surface area contributed by atoms with Crippen LogP contribution in [0.25, 0.3) is 0 Å². The number of nitrogens with one attached hydrogen (secondary N) is 1. The van der Waals surface area contributed by atoms with Gasteiger partial charge in [0, 0.05) is 17.5 Å². The van der Waals surface area contributed by atoms with Crippen molar-refractivity contribution in [3.63, 3.8) is 0 Å². The number of rotatable bonds is 4. The van der Waals surface area contributed by atoms with Gasteiger partial charge in [0.05, 0.1) is 26.8 Å². The second-order valence-electron chi connectivity index (χ2n) is 6.76. The van der Waals surface area contributed by atoms with E-state index >= 15 is 0 Å². The van der Waals surface area contributed by atoms with E-state index in [1.807, 2.05) is 36.4 Å². The van der Waals surface area contributed by atoms with Gasteiger partial charge in [0.15, 0.2) is 22.3 Å². The van der Waals surface area contributed by atoms with E-state index in [9.17, 15) is 0 Å². The van der Waals surface area contributed by atoms with Crippen LogP contribution in [0, 0.1) is 0 Å². The third kappa shape index (κ3) is 2.65. The molecule has 2 heterocycles. The summed E-state index contributed by atoms with van der Waals surface area (Å²) >= 11 is 5.69. The summed E-state index contributed by atoms with van der Waals surface area (Å²) in [5, 5.41) is 4.15. The first-order chi connectivity index (χ1) is 12.6. The Morgan fingerprint density at radius 3 is 2.65 bits per heavy atom. The highest BCUT2D eigenvalue weighted by Gasteiger charge is 2.48. The van der Waals surface area contributed by atoms with Crippen molar-refractivity contribution in [1.82, 2.24) is 10.2 Å². The SMILES string of the molecule is COc1ccccc1CN1C(=S)NC2CC1(C)Oc1c(OC)cccc12. The quantitative estimate of drug-likeness (QED) is 0.829. The van der Waals surface area contributed by atoms with Crippen LogP contribution in [0.4, 0.5) is 0 Å². The van der Waals surface area contributed by atoms with E-state index in [1.165, 1.54) is 0 Å². The summed E-state index contributed by atoms with van der Waals surface area (Å²) in [5.74, 6) is 2.37. The molecule has 0 spiro atoms. The minimum absolute atomic E-state index is 0.111. The van der Waals surface area contributed by atoms with Crippen molar-refractivity contribution >= 4 is 17.3 Å². The second-order valence-corrected chi connectivity index (χ2v) is 7.15. The van der Waals surface area contributed by atoms with Gasteiger partial charge in [0.2, 0.25) is 0 Å². The number of hydrogen-bond donors (Lipinski definition) is 1. The van der Waals surface area contributed by atoms with Gasteiger partial charge in [-0.15, -0.1) is 0 Å². The molecule has 2 aromatic rings. The Morgan fingerprint density at radius 2 is 1.88 bits per heavy atom. The van der Waals surface area contributed by atoms with Crippen molar-refractivity contribution in [3.05, 3.63) is 53.6 Å². The fourth-order valence-electron chi connectivity index (χ4n) is 3.81. The van der Waals surface area contributed by atoms with Crippen molar-refractivity contribution < 1.29 is 14.2 Å². The van der Waals surface area contributed by atoms with Gasteiger partial charge in [-0.3, -0.25) is 0 Å². The van der Waals surface area contributed by atoms with Crippen LogP contribution in [-0.2, 0) is 6.54 Å². The maximum Gasteiger partial charge on any atom is 0.184 e. The molecule has 136 valence electrons. The molecular formula is C20H22N2O3S. The van der Waals surface area contributed by atoms with Gasteiger partial charge in [0.25, 0.3) is 0 Å². The van der Waals surface area contributed by atoms with Crippen LogP contribution in [0.5, 0.6) is 17.2 Å². The summed E-state index contributed by atoms with van der Waals surface area (Å²) in [6.07, 6.45) is 0.794. The van der Waals surface area contributed by atoms with E-state index in [4.69, 9.17) is 26.4 Å². The van der Waals surface area contributed by atoms with E-state index < -0.39 is 5.72 Å². The Morgan fingerprint density at radius 1 is 1.15 bits per heavy atom. The Bertz CT molecular complexity index is 857. The number of thiocarbonyl (C=S) groups is 1. The maximum absolute atomic E-state index is 6.47. The summed E-state index contributed by atoms with van der Waals surface area (Å²) in [4.78, 5) is 2.09. The molecule has 2 aromatic carbocycles. The Labute approximate surface area is 158 Å². The fourth-order valence-corrected chi connectivity index (χ4v) is 4.21. The van der Waals surface area contributed by atoms with Gasteiger partial charge in [-0.25, -0.2) is 0 Å². The molecule has 2 atom stereocenters. The lowest BCUT2D eigenvalue weighted by Gasteiger charge is -2.52. The predicted octanol–water partition coefficient (Wildman–Crippen LogP) is 3.63. The Hall–Kier alpha value is -2.47. The monoisotopic (exact) mass is 370 g/mol. The standard InChI is InChI=1S/C20H22N2O3S/c1-20-11-15(14-8-6-10-17(24-3)18(14)25-20)21-19(26)22(20)12-13-7-4-5-9-16(13)23-2/h4-10,15H,11-12H2,1-3H3,(H,21,26). The van der Waals surface area contributed by atoms with Crippen LogP contribution < -0.4 is 19.5 Å². The minimum Gasteiger partial charge on any atom is -0.496 e. The summed E-state index contributed by atoms with van der Waals surface area (Å²) in [5.41, 5.74) is 1.59. The van der Waals surface area contributed by atoms with E-state index in [1.54, 1.807) is 14.2 Å². The lowest BCUT2D eigenvalue weighted by Crippen LogP contribution is -2.64. The number of ether oxygens (including phenoxy) is 3. The number of benzene rings is 2. The zero-order valence-corrected chi connectivity index (χ0v) is 15.9. The molecule has 0 aromatic heterocycles. The molecular weight excluding hydrogens is 348 g/mol. The van der Waals surface area contributed by atoms with Gasteiger partial charge < -0.3 is 24.4 Å². The highest BCUT2D eigenvalue weighted by Crippen LogP contribution is 2.48. The van der Waals surface area contributed by atoms with Crippen molar-refractivity contribution in [2.75, 3.05) is 14.2 Å². The summed E-state index contributed by atoms with van der Waals surface area (Å²) < 4.78 is 17.5. The van der Waals surface area contributed by atoms with Crippen LogP contribution in [0.1, 0.15) is 30.5 Å². The first-order valence-corrected chi connectivity index (χ1v) is 9.02. The number of fused-ring (bicyclic) bond motifs is 4. The molecule has 1 saturated heterocycles. The maximum atomic E-state index is 6.47. The lowest BCUT2D eigenvalue weighted by atomic mass is 9.90. The first kappa shape index (κ1) is 17.0. The van der Waals surface area contributed by atoms with Crippen LogP contribution in [0.3, 0.4) is 0 Å². The highest BCUT2D eigenvalue weighted by molar-refractivity contribution is 7.80. The van der Waals surface area contributed by atoms with Gasteiger partial charge in [0.1, 0.15) is 5.75 Å². The number of nitrogens with zero attached hydrogens (tertiary/aromatic N) is 1. The Balaban J connectivity index is 1.72. The molecule has 2 aliphatic rings. The van der Waals surface area contributed by atoms with Crippen LogP contribution >= 0.6 is 12.2 Å². The van der Waals surface area contributed by atoms with Crippen LogP contribution in [0.2, 0.25) is 0 Å². The van der Waals surface area contributed by atoms with E-state index in [-0.39, 0.29) is 6.04 Å². The smallest absolute Gasteiger partial charge is 0.184 e. The molecule has 5 nitrogen and oxygen atoms in total. The summed E-state index contributed by atoms with van der Waals surface area (Å²) in [6, 6.07) is 14.1. The largest absolute Gasteiger partial charge is 0.496 e. The molecule has 2 bridgehead atoms. The molecule has 4 rings (SSSR count). The lowest BCUT2D eigenvalue weighted by molar-refractivity contribution is -0.0737. The van der Waals surface area contributed by atoms with Gasteiger partial charge in [-0.2, -0.15) is 0 Å². The third-order valence-electron chi connectivity index (χ3n) is 5.14. The number of hydrogen-bond acceptors (Lipinski definition) is 4. The molecule has 1 fully saturated rings. The zero-order valence-electron chi connectivity index (χ0n) is 15.1. The molecule has 0 aliphatic carbocycles. The average molecular weight is 370 g/mol. The minimum atomic E-state index is -0.560. The first-order valence-electron chi connectivity index (χ1n) is 8.61. The third-order valence-corrected chi connectivity index (χ3v) is 5.48. The topological polar surface area (TPSA) is 43.0 Å². The molecule has 26 heavy (non-hydrogen) atoms. The predicted molar refractivity (Wildman–Crippen MR) is 104 cm³/mol. The molecule has 2 unspecified atom stereocenters. The Kier molecular flexibility index (Phi) is 4.15. The van der Waals surface area contributed by atoms with Crippen molar-refractivity contribution in [1.29, 1.82) is 0 Å². The van der Waals surface area contributed by atoms with E-state index in [0.29, 0.717) is 11.7 Å². The molecule has 0 saturated carbocycles. The normalized spacial score (nSPS) is 23.6. The number of methoxy groups -OCH3 is 2. The fraction of sp³-hybridized carbons (Fsp3) is 0.350. The van der Waals surface area contributed by atoms with Gasteiger partial charge in [-0.05, 0) is 31.3 Å². The van der Waals surface area contributed by atoms with Gasteiger partial charge in [-0.1, -0.05) is 30.3 Å². The zero-order chi connectivity index (χ0) is 18.3. The van der Waals surface area contributed by atoms with E-state index in [0.717, 1.165) is 34.8 Å². The number of para-hydroxylation sites is 2. The molecule has 1 N–H and O–H groups in total. The molecule has 0 radical (unpaired) electrons. The summed E-state index contributed by atoms with van der Waals surface area (Å²) in [6.45, 7) is 2.68. The molecule has 0 amide bonds. The van der Waals surface area contributed by atoms with Crippen molar-refractivity contribution in [2.45, 2.75) is 31.7 Å². The van der Waals surface area contributed by atoms with Crippen molar-refractivity contribution in [3.8, 4) is 17.2 Å².